The van der Waals surface area contributed by atoms with E-state index in [1.54, 1.807) is 43.1 Å². The van der Waals surface area contributed by atoms with Gasteiger partial charge in [-0.15, -0.1) is 0 Å². The number of methoxy groups -OCH3 is 1. The molecule has 1 atom stereocenters. The lowest BCUT2D eigenvalue weighted by atomic mass is 10.3. The number of ether oxygens (including phenoxy) is 2. The van der Waals surface area contributed by atoms with Crippen LogP contribution in [0.2, 0.25) is 0 Å². The lowest BCUT2D eigenvalue weighted by Gasteiger charge is -2.20. The van der Waals surface area contributed by atoms with E-state index in [2.05, 4.69) is 10.1 Å². The summed E-state index contributed by atoms with van der Waals surface area (Å²) in [6.07, 6.45) is 4.69. The van der Waals surface area contributed by atoms with Gasteiger partial charge < -0.3 is 14.4 Å². The Hall–Kier alpha value is -2.25. The van der Waals surface area contributed by atoms with Gasteiger partial charge in [-0.2, -0.15) is 5.10 Å². The Balaban J connectivity index is 2.12. The normalized spacial score (nSPS) is 12.2. The van der Waals surface area contributed by atoms with Crippen molar-refractivity contribution >= 4 is 11.6 Å². The summed E-state index contributed by atoms with van der Waals surface area (Å²) in [6, 6.07) is 3.74. The predicted molar refractivity (Wildman–Crippen MR) is 86.8 cm³/mol. The second-order valence-corrected chi connectivity index (χ2v) is 5.16. The highest BCUT2D eigenvalue weighted by Gasteiger charge is 2.22. The number of anilines is 1. The van der Waals surface area contributed by atoms with Crippen molar-refractivity contribution < 1.29 is 14.3 Å². The lowest BCUT2D eigenvalue weighted by Crippen LogP contribution is -2.37. The van der Waals surface area contributed by atoms with E-state index in [1.165, 1.54) is 0 Å². The van der Waals surface area contributed by atoms with Crippen molar-refractivity contribution in [1.29, 1.82) is 0 Å². The first-order valence-corrected chi connectivity index (χ1v) is 7.39. The summed E-state index contributed by atoms with van der Waals surface area (Å²) in [5.41, 5.74) is 2.34. The maximum atomic E-state index is 12.4. The summed E-state index contributed by atoms with van der Waals surface area (Å²) < 4.78 is 12.1. The van der Waals surface area contributed by atoms with Crippen LogP contribution in [0.15, 0.2) is 30.7 Å². The average molecular weight is 318 g/mol. The zero-order chi connectivity index (χ0) is 16.8. The number of carbonyl (C=O) groups excluding carboxylic acids is 1. The highest BCUT2D eigenvalue weighted by molar-refractivity contribution is 5.96. The summed E-state index contributed by atoms with van der Waals surface area (Å²) in [5, 5.41) is 4.44. The molecule has 0 aromatic carbocycles. The predicted octanol–water partition coefficient (Wildman–Crippen LogP) is 1.59. The third kappa shape index (κ3) is 4.14. The fourth-order valence-electron chi connectivity index (χ4n) is 2.17. The van der Waals surface area contributed by atoms with Gasteiger partial charge in [0.2, 0.25) is 0 Å². The largest absolute Gasteiger partial charge is 0.382 e. The number of amides is 1. The third-order valence-electron chi connectivity index (χ3n) is 3.48. The molecule has 0 N–H and O–H groups in total. The van der Waals surface area contributed by atoms with Crippen LogP contribution >= 0.6 is 0 Å². The smallest absolute Gasteiger partial charge is 0.255 e. The fraction of sp³-hybridized carbons (Fsp3) is 0.438. The van der Waals surface area contributed by atoms with Crippen LogP contribution in [0.3, 0.4) is 0 Å². The number of nitrogens with zero attached hydrogens (tertiary/aromatic N) is 4. The number of hydrogen-bond acceptors (Lipinski definition) is 5. The molecular formula is C16H22N4O3. The molecule has 0 radical (unpaired) electrons. The van der Waals surface area contributed by atoms with Crippen LogP contribution in [0.5, 0.6) is 0 Å². The Labute approximate surface area is 135 Å². The molecule has 0 aliphatic heterocycles. The summed E-state index contributed by atoms with van der Waals surface area (Å²) in [5.74, 6) is -0.130. The Bertz CT molecular complexity index is 642. The standard InChI is InChI=1S/C16H22N4O3/c1-12-15(11-20(18-12)14-6-5-7-17-10-14)19(3)16(21)13(2)23-9-8-22-4/h5-7,10-11,13H,8-9H2,1-4H3. The van der Waals surface area contributed by atoms with Gasteiger partial charge in [0.05, 0.1) is 42.7 Å². The molecule has 2 rings (SSSR count). The van der Waals surface area contributed by atoms with Crippen LogP contribution in [-0.4, -0.2) is 54.1 Å². The molecule has 2 aromatic rings. The van der Waals surface area contributed by atoms with Gasteiger partial charge >= 0.3 is 0 Å². The van der Waals surface area contributed by atoms with Gasteiger partial charge in [0.1, 0.15) is 6.10 Å². The number of hydrogen-bond donors (Lipinski definition) is 0. The quantitative estimate of drug-likeness (QED) is 0.725. The van der Waals surface area contributed by atoms with Crippen LogP contribution in [0.25, 0.3) is 5.69 Å². The van der Waals surface area contributed by atoms with E-state index in [0.29, 0.717) is 13.2 Å². The van der Waals surface area contributed by atoms with Crippen LogP contribution in [-0.2, 0) is 14.3 Å². The Morgan fingerprint density at radius 2 is 2.22 bits per heavy atom. The molecule has 2 aromatic heterocycles. The van der Waals surface area contributed by atoms with Gasteiger partial charge in [-0.25, -0.2) is 4.68 Å². The van der Waals surface area contributed by atoms with E-state index >= 15 is 0 Å². The number of carbonyl (C=O) groups is 1. The van der Waals surface area contributed by atoms with Crippen molar-refractivity contribution in [3.63, 3.8) is 0 Å². The third-order valence-corrected chi connectivity index (χ3v) is 3.48. The number of rotatable bonds is 7. The Morgan fingerprint density at radius 3 is 2.87 bits per heavy atom. The van der Waals surface area contributed by atoms with Crippen LogP contribution in [0.4, 0.5) is 5.69 Å². The SMILES string of the molecule is COCCOC(C)C(=O)N(C)c1cn(-c2cccnc2)nc1C. The summed E-state index contributed by atoms with van der Waals surface area (Å²) in [6.45, 7) is 4.43. The second kappa shape index (κ2) is 7.85. The van der Waals surface area contributed by atoms with Gasteiger partial charge in [-0.1, -0.05) is 0 Å². The minimum atomic E-state index is -0.545. The first-order chi connectivity index (χ1) is 11.0. The van der Waals surface area contributed by atoms with Gasteiger partial charge in [-0.3, -0.25) is 9.78 Å². The number of likely N-dealkylation sites (N-methyl/N-ethyl adjacent to an activating group) is 1. The van der Waals surface area contributed by atoms with Crippen molar-refractivity contribution in [2.75, 3.05) is 32.3 Å². The molecule has 23 heavy (non-hydrogen) atoms. The van der Waals surface area contributed by atoms with Crippen molar-refractivity contribution in [2.45, 2.75) is 20.0 Å². The Morgan fingerprint density at radius 1 is 1.43 bits per heavy atom. The zero-order valence-electron chi connectivity index (χ0n) is 13.9. The van der Waals surface area contributed by atoms with E-state index in [4.69, 9.17) is 9.47 Å². The molecule has 7 nitrogen and oxygen atoms in total. The summed E-state index contributed by atoms with van der Waals surface area (Å²) >= 11 is 0. The first-order valence-electron chi connectivity index (χ1n) is 7.39. The van der Waals surface area contributed by atoms with Crippen LogP contribution < -0.4 is 4.90 Å². The molecule has 124 valence electrons. The van der Waals surface area contributed by atoms with Crippen LogP contribution in [0.1, 0.15) is 12.6 Å². The molecule has 1 amide bonds. The zero-order valence-corrected chi connectivity index (χ0v) is 13.9. The monoisotopic (exact) mass is 318 g/mol. The molecule has 0 bridgehead atoms. The molecule has 0 aliphatic carbocycles. The van der Waals surface area contributed by atoms with Crippen LogP contribution in [0, 0.1) is 6.92 Å². The van der Waals surface area contributed by atoms with E-state index in [0.717, 1.165) is 17.1 Å². The molecule has 0 aliphatic rings. The molecule has 0 saturated carbocycles. The molecule has 2 heterocycles. The second-order valence-electron chi connectivity index (χ2n) is 5.16. The molecule has 0 saturated heterocycles. The molecular weight excluding hydrogens is 296 g/mol. The average Bonchev–Trinajstić information content (AvgIpc) is 2.96. The number of aryl methyl sites for hydroxylation is 1. The van der Waals surface area contributed by atoms with Crippen molar-refractivity contribution in [2.24, 2.45) is 0 Å². The lowest BCUT2D eigenvalue weighted by molar-refractivity contribution is -0.129. The highest BCUT2D eigenvalue weighted by atomic mass is 16.5. The minimum Gasteiger partial charge on any atom is -0.382 e. The summed E-state index contributed by atoms with van der Waals surface area (Å²) in [7, 11) is 3.31. The summed E-state index contributed by atoms with van der Waals surface area (Å²) in [4.78, 5) is 18.1. The Kier molecular flexibility index (Phi) is 5.84. The van der Waals surface area contributed by atoms with Gasteiger partial charge in [-0.05, 0) is 26.0 Å². The van der Waals surface area contributed by atoms with Gasteiger partial charge in [0, 0.05) is 20.4 Å². The maximum Gasteiger partial charge on any atom is 0.255 e. The van der Waals surface area contributed by atoms with Crippen molar-refractivity contribution in [3.05, 3.63) is 36.4 Å². The van der Waals surface area contributed by atoms with Gasteiger partial charge in [0.25, 0.3) is 5.91 Å². The van der Waals surface area contributed by atoms with E-state index in [1.807, 2.05) is 25.3 Å². The van der Waals surface area contributed by atoms with E-state index in [9.17, 15) is 4.79 Å². The number of pyridine rings is 1. The maximum absolute atomic E-state index is 12.4. The van der Waals surface area contributed by atoms with Crippen molar-refractivity contribution in [3.8, 4) is 5.69 Å². The molecule has 0 fully saturated rings. The highest BCUT2D eigenvalue weighted by Crippen LogP contribution is 2.20. The minimum absolute atomic E-state index is 0.130. The molecule has 7 heteroatoms. The fourth-order valence-corrected chi connectivity index (χ4v) is 2.17. The van der Waals surface area contributed by atoms with Gasteiger partial charge in [0.15, 0.2) is 0 Å². The molecule has 1 unspecified atom stereocenters. The topological polar surface area (TPSA) is 69.5 Å². The first kappa shape index (κ1) is 17.1. The van der Waals surface area contributed by atoms with E-state index < -0.39 is 6.10 Å². The molecule has 0 spiro atoms. The van der Waals surface area contributed by atoms with Crippen molar-refractivity contribution in [1.82, 2.24) is 14.8 Å². The van der Waals surface area contributed by atoms with E-state index in [-0.39, 0.29) is 5.91 Å². The number of aromatic nitrogens is 3.